The predicted molar refractivity (Wildman–Crippen MR) is 96.5 cm³/mol. The molecule has 0 aliphatic rings. The fourth-order valence-electron chi connectivity index (χ4n) is 2.72. The molecule has 0 radical (unpaired) electrons. The van der Waals surface area contributed by atoms with Gasteiger partial charge in [0.1, 0.15) is 17.2 Å². The van der Waals surface area contributed by atoms with Crippen LogP contribution in [0.15, 0.2) is 48.0 Å². The van der Waals surface area contributed by atoms with Crippen molar-refractivity contribution in [2.45, 2.75) is 6.43 Å². The Labute approximate surface area is 154 Å². The summed E-state index contributed by atoms with van der Waals surface area (Å²) < 4.78 is 40.2. The molecule has 27 heavy (non-hydrogen) atoms. The maximum absolute atomic E-state index is 13.6. The second kappa shape index (κ2) is 6.84. The van der Waals surface area contributed by atoms with Crippen molar-refractivity contribution >= 4 is 33.4 Å². The number of nitrogens with one attached hydrogen (secondary N) is 2. The summed E-state index contributed by atoms with van der Waals surface area (Å²) in [5, 5.41) is 4.80. The summed E-state index contributed by atoms with van der Waals surface area (Å²) in [4.78, 5) is 23.7. The minimum atomic E-state index is -2.79. The number of amides is 1. The van der Waals surface area contributed by atoms with E-state index in [4.69, 9.17) is 0 Å². The molecule has 4 aromatic rings. The summed E-state index contributed by atoms with van der Waals surface area (Å²) in [5.41, 5.74) is 0.629. The van der Waals surface area contributed by atoms with E-state index in [1.54, 1.807) is 29.8 Å². The molecule has 0 saturated carbocycles. The third-order valence-electron chi connectivity index (χ3n) is 3.92. The highest BCUT2D eigenvalue weighted by molar-refractivity contribution is 7.13. The lowest BCUT2D eigenvalue weighted by atomic mass is 10.1. The van der Waals surface area contributed by atoms with Crippen molar-refractivity contribution in [3.05, 3.63) is 64.9 Å². The highest BCUT2D eigenvalue weighted by atomic mass is 32.1. The van der Waals surface area contributed by atoms with E-state index in [9.17, 15) is 18.0 Å². The van der Waals surface area contributed by atoms with Crippen LogP contribution in [0.5, 0.6) is 0 Å². The van der Waals surface area contributed by atoms with Gasteiger partial charge in [0.15, 0.2) is 5.13 Å². The fraction of sp³-hybridized carbons (Fsp3) is 0.0556. The van der Waals surface area contributed by atoms with Crippen LogP contribution in [0.2, 0.25) is 0 Å². The highest BCUT2D eigenvalue weighted by Gasteiger charge is 2.20. The average Bonchev–Trinajstić information content (AvgIpc) is 3.30. The number of alkyl halides is 2. The number of halogens is 3. The number of nitrogens with zero attached hydrogens (tertiary/aromatic N) is 2. The number of aromatic amines is 1. The van der Waals surface area contributed by atoms with E-state index in [0.29, 0.717) is 16.2 Å². The molecular weight excluding hydrogens is 377 g/mol. The van der Waals surface area contributed by atoms with Gasteiger partial charge in [0.05, 0.1) is 11.1 Å². The number of fused-ring (bicyclic) bond motifs is 1. The van der Waals surface area contributed by atoms with Gasteiger partial charge < -0.3 is 4.98 Å². The number of anilines is 1. The quantitative estimate of drug-likeness (QED) is 0.516. The van der Waals surface area contributed by atoms with E-state index in [1.807, 2.05) is 0 Å². The molecule has 0 unspecified atom stereocenters. The monoisotopic (exact) mass is 388 g/mol. The molecule has 2 aromatic carbocycles. The lowest BCUT2D eigenvalue weighted by Crippen LogP contribution is -2.12. The zero-order valence-corrected chi connectivity index (χ0v) is 14.4. The summed E-state index contributed by atoms with van der Waals surface area (Å²) in [7, 11) is 0. The van der Waals surface area contributed by atoms with Crippen LogP contribution in [0.1, 0.15) is 22.3 Å². The minimum absolute atomic E-state index is 0.0486. The number of thiazole rings is 1. The van der Waals surface area contributed by atoms with E-state index >= 15 is 0 Å². The molecule has 2 aromatic heterocycles. The summed E-state index contributed by atoms with van der Waals surface area (Å²) in [6.07, 6.45) is -1.23. The highest BCUT2D eigenvalue weighted by Crippen LogP contribution is 2.32. The number of para-hydroxylation sites is 1. The van der Waals surface area contributed by atoms with Gasteiger partial charge in [-0.1, -0.05) is 6.07 Å². The van der Waals surface area contributed by atoms with Gasteiger partial charge in [0.2, 0.25) is 0 Å². The molecule has 0 aliphatic carbocycles. The van der Waals surface area contributed by atoms with Gasteiger partial charge in [0.25, 0.3) is 12.3 Å². The number of H-pyrrole nitrogens is 1. The Bertz CT molecular complexity index is 1130. The molecule has 4 rings (SSSR count). The Morgan fingerprint density at radius 2 is 2.07 bits per heavy atom. The fourth-order valence-corrected chi connectivity index (χ4v) is 3.24. The van der Waals surface area contributed by atoms with Gasteiger partial charge in [0, 0.05) is 22.7 Å². The van der Waals surface area contributed by atoms with Crippen molar-refractivity contribution in [1.82, 2.24) is 15.0 Å². The van der Waals surface area contributed by atoms with Crippen LogP contribution >= 0.6 is 11.3 Å². The van der Waals surface area contributed by atoms with Crippen LogP contribution in [-0.2, 0) is 0 Å². The van der Waals surface area contributed by atoms with Crippen molar-refractivity contribution in [2.75, 3.05) is 5.32 Å². The van der Waals surface area contributed by atoms with Crippen LogP contribution < -0.4 is 5.32 Å². The number of rotatable bonds is 4. The molecule has 0 fully saturated rings. The Morgan fingerprint density at radius 1 is 1.22 bits per heavy atom. The van der Waals surface area contributed by atoms with Crippen molar-refractivity contribution in [2.24, 2.45) is 0 Å². The van der Waals surface area contributed by atoms with Gasteiger partial charge in [-0.25, -0.2) is 23.1 Å². The molecule has 2 heterocycles. The third kappa shape index (κ3) is 3.28. The summed E-state index contributed by atoms with van der Waals surface area (Å²) in [5.74, 6) is -1.02. The van der Waals surface area contributed by atoms with Gasteiger partial charge in [-0.15, -0.1) is 11.3 Å². The first-order valence-electron chi connectivity index (χ1n) is 7.80. The van der Waals surface area contributed by atoms with E-state index in [0.717, 1.165) is 18.2 Å². The average molecular weight is 388 g/mol. The second-order valence-electron chi connectivity index (χ2n) is 5.61. The molecular formula is C18H11F3N4OS. The maximum atomic E-state index is 13.6. The van der Waals surface area contributed by atoms with Gasteiger partial charge >= 0.3 is 0 Å². The Hall–Kier alpha value is -3.20. The molecule has 9 heteroatoms. The molecule has 0 saturated heterocycles. The molecule has 136 valence electrons. The number of aromatic nitrogens is 3. The van der Waals surface area contributed by atoms with Crippen LogP contribution in [0.4, 0.5) is 18.3 Å². The first-order valence-corrected chi connectivity index (χ1v) is 8.68. The third-order valence-corrected chi connectivity index (χ3v) is 4.60. The summed E-state index contributed by atoms with van der Waals surface area (Å²) in [6, 6.07) is 7.86. The number of carbonyl (C=O) groups is 1. The minimum Gasteiger partial charge on any atom is -0.338 e. The second-order valence-corrected chi connectivity index (χ2v) is 6.51. The largest absolute Gasteiger partial charge is 0.338 e. The normalized spacial score (nSPS) is 11.3. The number of hydrogen-bond donors (Lipinski definition) is 2. The first-order chi connectivity index (χ1) is 13.0. The molecule has 0 bridgehead atoms. The Kier molecular flexibility index (Phi) is 4.36. The zero-order valence-electron chi connectivity index (χ0n) is 13.5. The number of imidazole rings is 1. The molecule has 2 N–H and O–H groups in total. The molecule has 0 atom stereocenters. The zero-order chi connectivity index (χ0) is 19.0. The SMILES string of the molecule is O=C(Nc1nccs1)c1cccc2[nH]c(-c3cc(F)ccc3C(F)F)nc12. The Balaban J connectivity index is 1.80. The molecule has 1 amide bonds. The first kappa shape index (κ1) is 17.2. The molecule has 0 aliphatic heterocycles. The van der Waals surface area contributed by atoms with Crippen molar-refractivity contribution < 1.29 is 18.0 Å². The smallest absolute Gasteiger partial charge is 0.264 e. The lowest BCUT2D eigenvalue weighted by Gasteiger charge is -2.06. The van der Waals surface area contributed by atoms with Gasteiger partial charge in [-0.05, 0) is 30.3 Å². The molecule has 0 spiro atoms. The van der Waals surface area contributed by atoms with Crippen LogP contribution in [0.3, 0.4) is 0 Å². The number of benzene rings is 2. The van der Waals surface area contributed by atoms with Crippen molar-refractivity contribution in [3.8, 4) is 11.4 Å². The van der Waals surface area contributed by atoms with Gasteiger partial charge in [-0.3, -0.25) is 10.1 Å². The van der Waals surface area contributed by atoms with Crippen LogP contribution in [0, 0.1) is 5.82 Å². The number of carbonyl (C=O) groups excluding carboxylic acids is 1. The Morgan fingerprint density at radius 3 is 2.81 bits per heavy atom. The van der Waals surface area contributed by atoms with Crippen LogP contribution in [0.25, 0.3) is 22.4 Å². The van der Waals surface area contributed by atoms with Crippen molar-refractivity contribution in [3.63, 3.8) is 0 Å². The van der Waals surface area contributed by atoms with Crippen LogP contribution in [-0.4, -0.2) is 20.9 Å². The summed E-state index contributed by atoms with van der Waals surface area (Å²) >= 11 is 1.26. The maximum Gasteiger partial charge on any atom is 0.264 e. The van der Waals surface area contributed by atoms with E-state index < -0.39 is 18.1 Å². The predicted octanol–water partition coefficient (Wildman–Crippen LogP) is 5.02. The summed E-state index contributed by atoms with van der Waals surface area (Å²) in [6.45, 7) is 0. The standard InChI is InChI=1S/C18H11F3N4OS/c19-9-4-5-10(15(20)21)12(8-9)16-23-13-3-1-2-11(14(13)24-16)17(26)25-18-22-6-7-27-18/h1-8,15H,(H,23,24)(H,22,25,26). The van der Waals surface area contributed by atoms with E-state index in [1.165, 1.54) is 11.3 Å². The van der Waals surface area contributed by atoms with Gasteiger partial charge in [-0.2, -0.15) is 0 Å². The lowest BCUT2D eigenvalue weighted by molar-refractivity contribution is 0.102. The van der Waals surface area contributed by atoms with E-state index in [2.05, 4.69) is 20.3 Å². The van der Waals surface area contributed by atoms with E-state index in [-0.39, 0.29) is 22.5 Å². The number of hydrogen-bond acceptors (Lipinski definition) is 4. The topological polar surface area (TPSA) is 70.7 Å². The molecule has 5 nitrogen and oxygen atoms in total. The van der Waals surface area contributed by atoms with Crippen molar-refractivity contribution in [1.29, 1.82) is 0 Å².